The molecule has 0 radical (unpaired) electrons. The molecule has 10 nitrogen and oxygen atoms in total. The summed E-state index contributed by atoms with van der Waals surface area (Å²) >= 11 is 0. The molecule has 37 heavy (non-hydrogen) atoms. The van der Waals surface area contributed by atoms with Crippen LogP contribution in [0.25, 0.3) is 22.3 Å². The minimum Gasteiger partial charge on any atom is -0.507 e. The number of ether oxygens (including phenoxy) is 3. The summed E-state index contributed by atoms with van der Waals surface area (Å²) in [6.07, 6.45) is 3.69. The molecule has 0 spiro atoms. The molecule has 4 N–H and O–H groups in total. The maximum atomic E-state index is 12.7. The average Bonchev–Trinajstić information content (AvgIpc) is 2.89. The van der Waals surface area contributed by atoms with Gasteiger partial charge in [-0.3, -0.25) is 4.79 Å². The Kier molecular flexibility index (Phi) is 11.2. The number of aromatic hydroxyl groups is 1. The van der Waals surface area contributed by atoms with Gasteiger partial charge in [-0.2, -0.15) is 0 Å². The van der Waals surface area contributed by atoms with Crippen LogP contribution in [0, 0.1) is 0 Å². The van der Waals surface area contributed by atoms with E-state index in [-0.39, 0.29) is 42.1 Å². The predicted molar refractivity (Wildman–Crippen MR) is 137 cm³/mol. The van der Waals surface area contributed by atoms with Crippen molar-refractivity contribution in [3.8, 4) is 28.6 Å². The highest BCUT2D eigenvalue weighted by Crippen LogP contribution is 2.37. The van der Waals surface area contributed by atoms with Crippen LogP contribution in [0.4, 0.5) is 0 Å². The van der Waals surface area contributed by atoms with Crippen molar-refractivity contribution in [2.45, 2.75) is 19.4 Å². The molecule has 3 aromatic rings. The maximum absolute atomic E-state index is 12.7. The molecule has 0 aliphatic carbocycles. The number of benzene rings is 2. The number of phenols is 1. The van der Waals surface area contributed by atoms with E-state index in [0.29, 0.717) is 22.6 Å². The van der Waals surface area contributed by atoms with E-state index in [1.807, 2.05) is 0 Å². The average molecular weight is 515 g/mol. The second-order valence-corrected chi connectivity index (χ2v) is 7.59. The number of methoxy groups -OCH3 is 1. The molecule has 1 heterocycles. The first-order valence-electron chi connectivity index (χ1n) is 11.2. The largest absolute Gasteiger partial charge is 0.507 e. The number of hydrogen-bond acceptors (Lipinski definition) is 9. The predicted octanol–water partition coefficient (Wildman–Crippen LogP) is 3.26. The van der Waals surface area contributed by atoms with E-state index < -0.39 is 24.1 Å². The van der Waals surface area contributed by atoms with Crippen LogP contribution in [0.2, 0.25) is 0 Å². The standard InChI is InChI=1S/C22H22O7.C5H8O3/c1-3-4-16-19(28-12-14(24)11-23)10-20-21(22(16)26)17(25)9-18(29-20)13-5-7-15(27-2)8-6-13;1-2-3-8-4-5(6)7/h3,5-10,14,23-24,26H,1,4,11-12H2,2H3;2-3H,4H2,1H3,(H,6,7). The van der Waals surface area contributed by atoms with Crippen molar-refractivity contribution in [2.75, 3.05) is 26.9 Å². The molecular weight excluding hydrogens is 484 g/mol. The van der Waals surface area contributed by atoms with Gasteiger partial charge in [0.25, 0.3) is 0 Å². The van der Waals surface area contributed by atoms with Gasteiger partial charge in [0.15, 0.2) is 12.0 Å². The SMILES string of the molecule is C=CCc1c(OCC(O)CO)cc2oc(-c3ccc(OC)cc3)cc(=O)c2c1O.CC=COCC(=O)O. The quantitative estimate of drug-likeness (QED) is 0.221. The minimum absolute atomic E-state index is 0.0363. The molecule has 2 aromatic carbocycles. The molecule has 0 fully saturated rings. The van der Waals surface area contributed by atoms with Crippen molar-refractivity contribution in [2.24, 2.45) is 0 Å². The second kappa shape index (κ2) is 14.3. The molecule has 1 atom stereocenters. The summed E-state index contributed by atoms with van der Waals surface area (Å²) in [6, 6.07) is 9.81. The van der Waals surface area contributed by atoms with Crippen molar-refractivity contribution in [1.29, 1.82) is 0 Å². The molecule has 0 saturated heterocycles. The summed E-state index contributed by atoms with van der Waals surface area (Å²) < 4.78 is 21.0. The Hall–Kier alpha value is -4.28. The maximum Gasteiger partial charge on any atom is 0.341 e. The third kappa shape index (κ3) is 8.13. The lowest BCUT2D eigenvalue weighted by molar-refractivity contribution is -0.140. The van der Waals surface area contributed by atoms with Crippen molar-refractivity contribution in [3.63, 3.8) is 0 Å². The number of aliphatic carboxylic acids is 1. The summed E-state index contributed by atoms with van der Waals surface area (Å²) in [7, 11) is 1.56. The third-order valence-electron chi connectivity index (χ3n) is 4.86. The lowest BCUT2D eigenvalue weighted by Crippen LogP contribution is -2.21. The molecule has 0 aliphatic rings. The minimum atomic E-state index is -1.08. The third-order valence-corrected chi connectivity index (χ3v) is 4.86. The first kappa shape index (κ1) is 29.0. The zero-order chi connectivity index (χ0) is 27.4. The van der Waals surface area contributed by atoms with Gasteiger partial charge < -0.3 is 39.1 Å². The topological polar surface area (TPSA) is 156 Å². The highest BCUT2D eigenvalue weighted by Gasteiger charge is 2.19. The van der Waals surface area contributed by atoms with Crippen molar-refractivity contribution in [3.05, 3.63) is 77.2 Å². The van der Waals surface area contributed by atoms with Crippen LogP contribution >= 0.6 is 0 Å². The van der Waals surface area contributed by atoms with Crippen LogP contribution in [0.15, 0.2) is 70.6 Å². The van der Waals surface area contributed by atoms with Crippen LogP contribution in [-0.2, 0) is 16.0 Å². The normalized spacial score (nSPS) is 11.5. The van der Waals surface area contributed by atoms with Crippen LogP contribution in [-0.4, -0.2) is 59.4 Å². The molecule has 1 aromatic heterocycles. The second-order valence-electron chi connectivity index (χ2n) is 7.59. The molecule has 0 aliphatic heterocycles. The van der Waals surface area contributed by atoms with Gasteiger partial charge in [-0.1, -0.05) is 12.2 Å². The Balaban J connectivity index is 0.000000521. The highest BCUT2D eigenvalue weighted by molar-refractivity contribution is 5.88. The molecule has 0 amide bonds. The number of phenolic OH excluding ortho intramolecular Hbond substituents is 1. The van der Waals surface area contributed by atoms with E-state index in [1.54, 1.807) is 50.5 Å². The molecule has 10 heteroatoms. The van der Waals surface area contributed by atoms with Crippen LogP contribution in [0.1, 0.15) is 12.5 Å². The van der Waals surface area contributed by atoms with Gasteiger partial charge in [-0.15, -0.1) is 6.58 Å². The van der Waals surface area contributed by atoms with Crippen LogP contribution in [0.5, 0.6) is 17.2 Å². The fourth-order valence-corrected chi connectivity index (χ4v) is 3.14. The molecular formula is C27H30O10. The van der Waals surface area contributed by atoms with Crippen LogP contribution < -0.4 is 14.9 Å². The summed E-state index contributed by atoms with van der Waals surface area (Å²) in [5.41, 5.74) is 0.753. The zero-order valence-electron chi connectivity index (χ0n) is 20.5. The number of aliphatic hydroxyl groups is 2. The molecule has 198 valence electrons. The van der Waals surface area contributed by atoms with Crippen LogP contribution in [0.3, 0.4) is 0 Å². The Morgan fingerprint density at radius 1 is 1.22 bits per heavy atom. The van der Waals surface area contributed by atoms with Gasteiger partial charge in [-0.25, -0.2) is 4.79 Å². The van der Waals surface area contributed by atoms with E-state index in [1.165, 1.54) is 18.4 Å². The summed E-state index contributed by atoms with van der Waals surface area (Å²) in [6.45, 7) is 4.49. The number of carboxylic acids is 1. The smallest absolute Gasteiger partial charge is 0.341 e. The lowest BCUT2D eigenvalue weighted by atomic mass is 10.0. The Morgan fingerprint density at radius 2 is 1.92 bits per heavy atom. The Bertz CT molecular complexity index is 1280. The van der Waals surface area contributed by atoms with Gasteiger partial charge in [0, 0.05) is 23.3 Å². The molecule has 1 unspecified atom stereocenters. The summed E-state index contributed by atoms with van der Waals surface area (Å²) in [4.78, 5) is 22.4. The number of carboxylic acid groups (broad SMARTS) is 1. The number of carbonyl (C=O) groups is 1. The fraction of sp³-hybridized carbons (Fsp3) is 0.259. The first-order valence-corrected chi connectivity index (χ1v) is 11.2. The van der Waals surface area contributed by atoms with Gasteiger partial charge >= 0.3 is 5.97 Å². The lowest BCUT2D eigenvalue weighted by Gasteiger charge is -2.16. The van der Waals surface area contributed by atoms with Crippen molar-refractivity contribution >= 4 is 16.9 Å². The van der Waals surface area contributed by atoms with Gasteiger partial charge in [0.05, 0.1) is 20.0 Å². The van der Waals surface area contributed by atoms with Gasteiger partial charge in [-0.05, 0) is 37.6 Å². The van der Waals surface area contributed by atoms with Gasteiger partial charge in [0.2, 0.25) is 0 Å². The molecule has 0 saturated carbocycles. The molecule has 3 rings (SSSR count). The number of allylic oxidation sites excluding steroid dienone is 2. The summed E-state index contributed by atoms with van der Waals surface area (Å²) in [5.74, 6) is 0.00976. The van der Waals surface area contributed by atoms with Crippen molar-refractivity contribution in [1.82, 2.24) is 0 Å². The Morgan fingerprint density at radius 3 is 2.49 bits per heavy atom. The van der Waals surface area contributed by atoms with E-state index in [0.717, 1.165) is 0 Å². The number of aliphatic hydroxyl groups excluding tert-OH is 2. The Labute approximate surface area is 213 Å². The number of rotatable bonds is 11. The number of hydrogen-bond donors (Lipinski definition) is 4. The summed E-state index contributed by atoms with van der Waals surface area (Å²) in [5, 5.41) is 37.2. The van der Waals surface area contributed by atoms with Gasteiger partial charge in [0.1, 0.15) is 46.7 Å². The number of fused-ring (bicyclic) bond motifs is 1. The molecule has 0 bridgehead atoms. The van der Waals surface area contributed by atoms with E-state index in [2.05, 4.69) is 11.3 Å². The van der Waals surface area contributed by atoms with Crippen molar-refractivity contribution < 1.29 is 43.8 Å². The highest BCUT2D eigenvalue weighted by atomic mass is 16.5. The zero-order valence-corrected chi connectivity index (χ0v) is 20.5. The fourth-order valence-electron chi connectivity index (χ4n) is 3.14. The van der Waals surface area contributed by atoms with E-state index >= 15 is 0 Å². The van der Waals surface area contributed by atoms with E-state index in [4.69, 9.17) is 24.1 Å². The monoisotopic (exact) mass is 514 g/mol. The van der Waals surface area contributed by atoms with E-state index in [9.17, 15) is 19.8 Å². The first-order chi connectivity index (χ1) is 17.7.